The highest BCUT2D eigenvalue weighted by Crippen LogP contribution is 2.28. The van der Waals surface area contributed by atoms with Gasteiger partial charge in [0, 0.05) is 24.6 Å². The molecule has 0 aliphatic carbocycles. The molecule has 0 unspecified atom stereocenters. The Bertz CT molecular complexity index is 879. The molecule has 0 saturated carbocycles. The second-order valence-corrected chi connectivity index (χ2v) is 9.45. The van der Waals surface area contributed by atoms with Gasteiger partial charge < -0.3 is 14.2 Å². The van der Waals surface area contributed by atoms with E-state index < -0.39 is 21.4 Å². The molecule has 1 aromatic carbocycles. The van der Waals surface area contributed by atoms with Crippen LogP contribution in [-0.4, -0.2) is 64.5 Å². The van der Waals surface area contributed by atoms with E-state index in [9.17, 15) is 18.0 Å². The Morgan fingerprint density at radius 1 is 1.21 bits per heavy atom. The first kappa shape index (κ1) is 23.1. The molecule has 160 valence electrons. The summed E-state index contributed by atoms with van der Waals surface area (Å²) in [6, 6.07) is 4.59. The number of nitrogens with zero attached hydrogens (tertiary/aromatic N) is 1. The standard InChI is InChI=1S/C20H27NO7S/c1-20(2,3)18(22)14-28-19(23)8-6-15-5-7-16(26-4)17(13-15)29(24,25)21-9-11-27-12-10-21/h5-8,13H,9-12,14H2,1-4H3. The average Bonchev–Trinajstić information content (AvgIpc) is 2.70. The lowest BCUT2D eigenvalue weighted by molar-refractivity contribution is -0.145. The van der Waals surface area contributed by atoms with Crippen LogP contribution in [0.5, 0.6) is 5.75 Å². The van der Waals surface area contributed by atoms with Crippen molar-refractivity contribution in [3.8, 4) is 5.75 Å². The number of ether oxygens (including phenoxy) is 3. The van der Waals surface area contributed by atoms with Crippen LogP contribution in [0.25, 0.3) is 6.08 Å². The number of esters is 1. The van der Waals surface area contributed by atoms with Gasteiger partial charge in [0.25, 0.3) is 0 Å². The summed E-state index contributed by atoms with van der Waals surface area (Å²) < 4.78 is 42.6. The third-order valence-electron chi connectivity index (χ3n) is 4.37. The van der Waals surface area contributed by atoms with E-state index in [2.05, 4.69) is 0 Å². The topological polar surface area (TPSA) is 99.2 Å². The third-order valence-corrected chi connectivity index (χ3v) is 6.29. The lowest BCUT2D eigenvalue weighted by Crippen LogP contribution is -2.40. The van der Waals surface area contributed by atoms with Gasteiger partial charge in [-0.25, -0.2) is 13.2 Å². The Hall–Kier alpha value is -2.23. The third kappa shape index (κ3) is 6.12. The number of hydrogen-bond donors (Lipinski definition) is 0. The molecule has 0 spiro atoms. The quantitative estimate of drug-likeness (QED) is 0.486. The fourth-order valence-corrected chi connectivity index (χ4v) is 4.09. The zero-order chi connectivity index (χ0) is 21.7. The Morgan fingerprint density at radius 2 is 1.86 bits per heavy atom. The lowest BCUT2D eigenvalue weighted by atomic mass is 9.91. The zero-order valence-corrected chi connectivity index (χ0v) is 18.0. The maximum absolute atomic E-state index is 13.0. The van der Waals surface area contributed by atoms with Crippen molar-refractivity contribution in [1.29, 1.82) is 0 Å². The van der Waals surface area contributed by atoms with Crippen LogP contribution in [-0.2, 0) is 29.1 Å². The molecule has 0 amide bonds. The van der Waals surface area contributed by atoms with Crippen LogP contribution in [0.1, 0.15) is 26.3 Å². The minimum atomic E-state index is -3.77. The first-order valence-corrected chi connectivity index (χ1v) is 10.6. The Morgan fingerprint density at radius 3 is 2.45 bits per heavy atom. The fourth-order valence-electron chi connectivity index (χ4n) is 2.49. The summed E-state index contributed by atoms with van der Waals surface area (Å²) in [7, 11) is -2.37. The first-order valence-electron chi connectivity index (χ1n) is 9.20. The van der Waals surface area contributed by atoms with E-state index in [0.717, 1.165) is 6.08 Å². The average molecular weight is 426 g/mol. The number of methoxy groups -OCH3 is 1. The van der Waals surface area contributed by atoms with Crippen molar-refractivity contribution in [2.24, 2.45) is 5.41 Å². The van der Waals surface area contributed by atoms with Gasteiger partial charge in [0.1, 0.15) is 10.6 Å². The normalized spacial score (nSPS) is 16.0. The van der Waals surface area contributed by atoms with E-state index in [1.54, 1.807) is 26.8 Å². The Labute approximate surface area is 171 Å². The summed E-state index contributed by atoms with van der Waals surface area (Å²) in [6.07, 6.45) is 2.59. The predicted octanol–water partition coefficient (Wildman–Crippen LogP) is 1.89. The van der Waals surface area contributed by atoms with E-state index in [0.29, 0.717) is 18.8 Å². The van der Waals surface area contributed by atoms with Crippen molar-refractivity contribution in [2.75, 3.05) is 40.0 Å². The molecule has 0 aromatic heterocycles. The van der Waals surface area contributed by atoms with Crippen LogP contribution in [0.3, 0.4) is 0 Å². The molecule has 0 N–H and O–H groups in total. The molecular formula is C20H27NO7S. The Kier molecular flexibility index (Phi) is 7.56. The number of carbonyl (C=O) groups is 2. The van der Waals surface area contributed by atoms with E-state index in [-0.39, 0.29) is 36.1 Å². The van der Waals surface area contributed by atoms with Crippen LogP contribution in [0.4, 0.5) is 0 Å². The van der Waals surface area contributed by atoms with Crippen LogP contribution in [0, 0.1) is 5.41 Å². The van der Waals surface area contributed by atoms with Crippen LogP contribution >= 0.6 is 0 Å². The SMILES string of the molecule is COc1ccc(C=CC(=O)OCC(=O)C(C)(C)C)cc1S(=O)(=O)N1CCOCC1. The lowest BCUT2D eigenvalue weighted by Gasteiger charge is -2.26. The molecule has 1 aliphatic rings. The van der Waals surface area contributed by atoms with E-state index in [1.807, 2.05) is 0 Å². The second-order valence-electron chi connectivity index (χ2n) is 7.54. The van der Waals surface area contributed by atoms with Crippen molar-refractivity contribution in [2.45, 2.75) is 25.7 Å². The van der Waals surface area contributed by atoms with Gasteiger partial charge in [-0.2, -0.15) is 4.31 Å². The summed E-state index contributed by atoms with van der Waals surface area (Å²) in [5.41, 5.74) is -0.111. The van der Waals surface area contributed by atoms with Crippen molar-refractivity contribution in [3.63, 3.8) is 0 Å². The molecule has 1 aromatic rings. The van der Waals surface area contributed by atoms with E-state index in [4.69, 9.17) is 14.2 Å². The molecule has 1 aliphatic heterocycles. The summed E-state index contributed by atoms with van der Waals surface area (Å²) in [5, 5.41) is 0. The Balaban J connectivity index is 2.16. The highest BCUT2D eigenvalue weighted by molar-refractivity contribution is 7.89. The molecule has 1 heterocycles. The van der Waals surface area contributed by atoms with Crippen molar-refractivity contribution >= 4 is 27.9 Å². The fraction of sp³-hybridized carbons (Fsp3) is 0.500. The number of benzene rings is 1. The van der Waals surface area contributed by atoms with Gasteiger partial charge in [0.15, 0.2) is 12.4 Å². The summed E-state index contributed by atoms with van der Waals surface area (Å²) >= 11 is 0. The molecule has 0 bridgehead atoms. The molecule has 1 saturated heterocycles. The van der Waals surface area contributed by atoms with Gasteiger partial charge in [0.05, 0.1) is 20.3 Å². The molecular weight excluding hydrogens is 398 g/mol. The first-order chi connectivity index (χ1) is 13.6. The highest BCUT2D eigenvalue weighted by Gasteiger charge is 2.29. The number of ketones is 1. The summed E-state index contributed by atoms with van der Waals surface area (Å²) in [4.78, 5) is 23.7. The molecule has 1 fully saturated rings. The van der Waals surface area contributed by atoms with Gasteiger partial charge in [-0.1, -0.05) is 26.8 Å². The van der Waals surface area contributed by atoms with Gasteiger partial charge >= 0.3 is 5.97 Å². The second kappa shape index (κ2) is 9.51. The largest absolute Gasteiger partial charge is 0.495 e. The summed E-state index contributed by atoms with van der Waals surface area (Å²) in [6.45, 7) is 6.11. The van der Waals surface area contributed by atoms with Crippen LogP contribution < -0.4 is 4.74 Å². The molecule has 2 rings (SSSR count). The molecule has 8 nitrogen and oxygen atoms in total. The maximum atomic E-state index is 13.0. The van der Waals surface area contributed by atoms with Gasteiger partial charge in [-0.15, -0.1) is 0 Å². The van der Waals surface area contributed by atoms with Gasteiger partial charge in [-0.3, -0.25) is 4.79 Å². The highest BCUT2D eigenvalue weighted by atomic mass is 32.2. The zero-order valence-electron chi connectivity index (χ0n) is 17.1. The number of rotatable bonds is 7. The summed E-state index contributed by atoms with van der Waals surface area (Å²) in [5.74, 6) is -0.661. The minimum absolute atomic E-state index is 0.0142. The number of Topliss-reactive ketones (excluding diaryl/α,β-unsaturated/α-hetero) is 1. The molecule has 0 atom stereocenters. The number of carbonyl (C=O) groups excluding carboxylic acids is 2. The van der Waals surface area contributed by atoms with Gasteiger partial charge in [-0.05, 0) is 23.8 Å². The van der Waals surface area contributed by atoms with E-state index >= 15 is 0 Å². The minimum Gasteiger partial charge on any atom is -0.495 e. The monoisotopic (exact) mass is 425 g/mol. The maximum Gasteiger partial charge on any atom is 0.331 e. The van der Waals surface area contributed by atoms with Crippen LogP contribution in [0.15, 0.2) is 29.2 Å². The number of sulfonamides is 1. The number of hydrogen-bond acceptors (Lipinski definition) is 7. The molecule has 0 radical (unpaired) electrons. The molecule has 29 heavy (non-hydrogen) atoms. The van der Waals surface area contributed by atoms with Gasteiger partial charge in [0.2, 0.25) is 10.0 Å². The molecule has 9 heteroatoms. The van der Waals surface area contributed by atoms with E-state index in [1.165, 1.54) is 29.6 Å². The van der Waals surface area contributed by atoms with Crippen LogP contribution in [0.2, 0.25) is 0 Å². The van der Waals surface area contributed by atoms with Crippen molar-refractivity contribution in [1.82, 2.24) is 4.31 Å². The predicted molar refractivity (Wildman–Crippen MR) is 107 cm³/mol. The van der Waals surface area contributed by atoms with Crippen molar-refractivity contribution < 1.29 is 32.2 Å². The number of morpholine rings is 1. The van der Waals surface area contributed by atoms with Crippen molar-refractivity contribution in [3.05, 3.63) is 29.8 Å². The smallest absolute Gasteiger partial charge is 0.331 e.